The van der Waals surface area contributed by atoms with Crippen molar-refractivity contribution < 1.29 is 9.53 Å². The van der Waals surface area contributed by atoms with Crippen molar-refractivity contribution in [2.75, 3.05) is 32.7 Å². The fourth-order valence-corrected chi connectivity index (χ4v) is 2.85. The van der Waals surface area contributed by atoms with Crippen molar-refractivity contribution in [2.45, 2.75) is 51.7 Å². The van der Waals surface area contributed by atoms with E-state index < -0.39 is 5.60 Å². The van der Waals surface area contributed by atoms with Gasteiger partial charge in [-0.05, 0) is 65.6 Å². The van der Waals surface area contributed by atoms with E-state index >= 15 is 0 Å². The summed E-state index contributed by atoms with van der Waals surface area (Å²) in [4.78, 5) is 13.8. The van der Waals surface area contributed by atoms with E-state index in [2.05, 4.69) is 10.6 Å². The highest BCUT2D eigenvalue weighted by Crippen LogP contribution is 2.16. The molecule has 1 amide bonds. The quantitative estimate of drug-likeness (QED) is 0.826. The number of hydrogen-bond acceptors (Lipinski definition) is 4. The summed E-state index contributed by atoms with van der Waals surface area (Å²) in [5, 5.41) is 7.05. The van der Waals surface area contributed by atoms with E-state index in [9.17, 15) is 4.79 Å². The van der Waals surface area contributed by atoms with E-state index in [4.69, 9.17) is 4.74 Å². The van der Waals surface area contributed by atoms with Crippen LogP contribution in [0.1, 0.15) is 40.0 Å². The smallest absolute Gasteiger partial charge is 0.410 e. The zero-order valence-corrected chi connectivity index (χ0v) is 13.1. The number of nitrogens with one attached hydrogen (secondary N) is 2. The Morgan fingerprint density at radius 3 is 2.85 bits per heavy atom. The third kappa shape index (κ3) is 4.94. The van der Waals surface area contributed by atoms with Gasteiger partial charge >= 0.3 is 6.09 Å². The van der Waals surface area contributed by atoms with Gasteiger partial charge in [0.2, 0.25) is 0 Å². The molecule has 20 heavy (non-hydrogen) atoms. The first kappa shape index (κ1) is 15.6. The minimum Gasteiger partial charge on any atom is -0.444 e. The summed E-state index contributed by atoms with van der Waals surface area (Å²) in [5.74, 6) is 0.735. The van der Waals surface area contributed by atoms with Crippen LogP contribution in [0.25, 0.3) is 0 Å². The minimum atomic E-state index is -0.406. The molecule has 0 aliphatic carbocycles. The lowest BCUT2D eigenvalue weighted by atomic mass is 9.99. The summed E-state index contributed by atoms with van der Waals surface area (Å²) in [5.41, 5.74) is -0.406. The molecule has 2 unspecified atom stereocenters. The second kappa shape index (κ2) is 6.76. The molecule has 0 aromatic heterocycles. The Kier molecular flexibility index (Phi) is 5.27. The van der Waals surface area contributed by atoms with Crippen molar-refractivity contribution in [3.05, 3.63) is 0 Å². The van der Waals surface area contributed by atoms with E-state index in [1.807, 2.05) is 25.7 Å². The molecule has 0 bridgehead atoms. The summed E-state index contributed by atoms with van der Waals surface area (Å²) < 4.78 is 5.41. The maximum absolute atomic E-state index is 12.0. The van der Waals surface area contributed by atoms with Crippen LogP contribution in [0.5, 0.6) is 0 Å². The van der Waals surface area contributed by atoms with Crippen LogP contribution in [0.3, 0.4) is 0 Å². The highest BCUT2D eigenvalue weighted by Gasteiger charge is 2.29. The molecule has 2 heterocycles. The average Bonchev–Trinajstić information content (AvgIpc) is 2.84. The number of likely N-dealkylation sites (tertiary alicyclic amines) is 1. The number of rotatable bonds is 3. The number of carbonyl (C=O) groups excluding carboxylic acids is 1. The Bertz CT molecular complexity index is 322. The van der Waals surface area contributed by atoms with Crippen molar-refractivity contribution in [3.63, 3.8) is 0 Å². The monoisotopic (exact) mass is 283 g/mol. The van der Waals surface area contributed by atoms with Gasteiger partial charge in [0.15, 0.2) is 0 Å². The van der Waals surface area contributed by atoms with Gasteiger partial charge in [-0.15, -0.1) is 0 Å². The fraction of sp³-hybridized carbons (Fsp3) is 0.933. The molecular formula is C15H29N3O2. The molecule has 0 saturated carbocycles. The van der Waals surface area contributed by atoms with Gasteiger partial charge in [-0.2, -0.15) is 0 Å². The van der Waals surface area contributed by atoms with Crippen LogP contribution in [0.2, 0.25) is 0 Å². The minimum absolute atomic E-state index is 0.180. The van der Waals surface area contributed by atoms with Crippen LogP contribution >= 0.6 is 0 Å². The van der Waals surface area contributed by atoms with Crippen LogP contribution in [-0.2, 0) is 4.74 Å². The number of ether oxygens (including phenoxy) is 1. The van der Waals surface area contributed by atoms with Crippen molar-refractivity contribution in [3.8, 4) is 0 Å². The fourth-order valence-electron chi connectivity index (χ4n) is 2.85. The standard InChI is InChI=1S/C15H29N3O2/c1-15(2,3)20-14(19)18-8-6-13(11-18)17-10-12-5-4-7-16-9-12/h12-13,16-17H,4-11H2,1-3H3. The second-order valence-corrected chi connectivity index (χ2v) is 7.03. The molecular weight excluding hydrogens is 254 g/mol. The third-order valence-electron chi connectivity index (χ3n) is 3.93. The summed E-state index contributed by atoms with van der Waals surface area (Å²) in [7, 11) is 0. The van der Waals surface area contributed by atoms with Gasteiger partial charge in [-0.1, -0.05) is 0 Å². The molecule has 0 spiro atoms. The summed E-state index contributed by atoms with van der Waals surface area (Å²) in [6.07, 6.45) is 3.43. The lowest BCUT2D eigenvalue weighted by Gasteiger charge is -2.26. The SMILES string of the molecule is CC(C)(C)OC(=O)N1CCC(NCC2CCCNC2)C1. The van der Waals surface area contributed by atoms with Gasteiger partial charge in [0.05, 0.1) is 0 Å². The van der Waals surface area contributed by atoms with E-state index in [1.54, 1.807) is 0 Å². The number of carbonyl (C=O) groups is 1. The van der Waals surface area contributed by atoms with Crippen molar-refractivity contribution in [1.82, 2.24) is 15.5 Å². The first-order valence-corrected chi connectivity index (χ1v) is 7.86. The predicted molar refractivity (Wildman–Crippen MR) is 79.8 cm³/mol. The molecule has 0 radical (unpaired) electrons. The third-order valence-corrected chi connectivity index (χ3v) is 3.93. The maximum atomic E-state index is 12.0. The molecule has 2 fully saturated rings. The van der Waals surface area contributed by atoms with E-state index in [1.165, 1.54) is 12.8 Å². The molecule has 2 saturated heterocycles. The van der Waals surface area contributed by atoms with Crippen LogP contribution in [0, 0.1) is 5.92 Å². The predicted octanol–water partition coefficient (Wildman–Crippen LogP) is 1.59. The van der Waals surface area contributed by atoms with E-state index in [0.29, 0.717) is 6.04 Å². The molecule has 2 rings (SSSR count). The van der Waals surface area contributed by atoms with Crippen LogP contribution in [0.15, 0.2) is 0 Å². The Morgan fingerprint density at radius 2 is 2.20 bits per heavy atom. The maximum Gasteiger partial charge on any atom is 0.410 e. The molecule has 2 aliphatic heterocycles. The Labute approximate surface area is 122 Å². The van der Waals surface area contributed by atoms with Gasteiger partial charge in [0.25, 0.3) is 0 Å². The summed E-state index contributed by atoms with van der Waals surface area (Å²) in [6.45, 7) is 10.6. The van der Waals surface area contributed by atoms with Crippen LogP contribution < -0.4 is 10.6 Å². The molecule has 0 aromatic rings. The molecule has 5 nitrogen and oxygen atoms in total. The summed E-state index contributed by atoms with van der Waals surface area (Å²) >= 11 is 0. The zero-order valence-electron chi connectivity index (χ0n) is 13.1. The lowest BCUT2D eigenvalue weighted by Crippen LogP contribution is -2.42. The van der Waals surface area contributed by atoms with Crippen molar-refractivity contribution >= 4 is 6.09 Å². The van der Waals surface area contributed by atoms with Gasteiger partial charge in [-0.25, -0.2) is 4.79 Å². The highest BCUT2D eigenvalue weighted by atomic mass is 16.6. The zero-order chi connectivity index (χ0) is 14.6. The second-order valence-electron chi connectivity index (χ2n) is 7.03. The van der Waals surface area contributed by atoms with Gasteiger partial charge in [0.1, 0.15) is 5.60 Å². The first-order chi connectivity index (χ1) is 9.44. The first-order valence-electron chi connectivity index (χ1n) is 7.86. The Balaban J connectivity index is 1.68. The molecule has 2 aliphatic rings. The van der Waals surface area contributed by atoms with Crippen LogP contribution in [-0.4, -0.2) is 55.4 Å². The number of piperidine rings is 1. The molecule has 0 aromatic carbocycles. The highest BCUT2D eigenvalue weighted by molar-refractivity contribution is 5.68. The van der Waals surface area contributed by atoms with Gasteiger partial charge in [-0.3, -0.25) is 0 Å². The van der Waals surface area contributed by atoms with E-state index in [0.717, 1.165) is 45.1 Å². The Morgan fingerprint density at radius 1 is 1.40 bits per heavy atom. The van der Waals surface area contributed by atoms with Gasteiger partial charge < -0.3 is 20.3 Å². The van der Waals surface area contributed by atoms with Crippen molar-refractivity contribution in [1.29, 1.82) is 0 Å². The normalized spacial score (nSPS) is 27.6. The largest absolute Gasteiger partial charge is 0.444 e. The summed E-state index contributed by atoms with van der Waals surface area (Å²) in [6, 6.07) is 0.421. The topological polar surface area (TPSA) is 53.6 Å². The number of nitrogens with zero attached hydrogens (tertiary/aromatic N) is 1. The number of amides is 1. The molecule has 116 valence electrons. The Hall–Kier alpha value is -0.810. The van der Waals surface area contributed by atoms with Gasteiger partial charge in [0, 0.05) is 19.1 Å². The number of hydrogen-bond donors (Lipinski definition) is 2. The average molecular weight is 283 g/mol. The molecule has 2 atom stereocenters. The van der Waals surface area contributed by atoms with E-state index in [-0.39, 0.29) is 6.09 Å². The lowest BCUT2D eigenvalue weighted by molar-refractivity contribution is 0.0291. The van der Waals surface area contributed by atoms with Crippen LogP contribution in [0.4, 0.5) is 4.79 Å². The van der Waals surface area contributed by atoms with Crippen molar-refractivity contribution in [2.24, 2.45) is 5.92 Å². The molecule has 2 N–H and O–H groups in total. The molecule has 5 heteroatoms.